The first-order chi connectivity index (χ1) is 7.47. The van der Waals surface area contributed by atoms with Crippen molar-refractivity contribution in [2.24, 2.45) is 0 Å². The molecule has 0 aliphatic rings. The van der Waals surface area contributed by atoms with Crippen molar-refractivity contribution in [3.63, 3.8) is 0 Å². The summed E-state index contributed by atoms with van der Waals surface area (Å²) in [7, 11) is 0. The summed E-state index contributed by atoms with van der Waals surface area (Å²) < 4.78 is 4.55. The molecule has 1 unspecified atom stereocenters. The van der Waals surface area contributed by atoms with Crippen LogP contribution >= 0.6 is 11.8 Å². The standard InChI is InChI=1S/C9H12O6S/c1-2-16-5-6(9(13)14)15-8(12)4-3-7(10)11/h3-4,6H,2,5H2,1H3,(H,10,11)(H,13,14)/b4-3+. The number of esters is 1. The number of carboxylic acids is 2. The van der Waals surface area contributed by atoms with E-state index in [-0.39, 0.29) is 5.75 Å². The Labute approximate surface area is 96.3 Å². The summed E-state index contributed by atoms with van der Waals surface area (Å²) in [5, 5.41) is 16.9. The Morgan fingerprint density at radius 1 is 1.31 bits per heavy atom. The van der Waals surface area contributed by atoms with Gasteiger partial charge in [0.25, 0.3) is 0 Å². The van der Waals surface area contributed by atoms with Gasteiger partial charge < -0.3 is 14.9 Å². The van der Waals surface area contributed by atoms with Crippen LogP contribution in [0.4, 0.5) is 0 Å². The Kier molecular flexibility index (Phi) is 7.02. The molecule has 0 aromatic heterocycles. The van der Waals surface area contributed by atoms with E-state index in [1.165, 1.54) is 11.8 Å². The van der Waals surface area contributed by atoms with Crippen LogP contribution in [0.5, 0.6) is 0 Å². The fraction of sp³-hybridized carbons (Fsp3) is 0.444. The number of thioether (sulfide) groups is 1. The van der Waals surface area contributed by atoms with E-state index in [9.17, 15) is 14.4 Å². The molecule has 0 aromatic rings. The van der Waals surface area contributed by atoms with E-state index in [1.54, 1.807) is 0 Å². The van der Waals surface area contributed by atoms with E-state index in [0.29, 0.717) is 17.9 Å². The van der Waals surface area contributed by atoms with Crippen LogP contribution in [-0.4, -0.2) is 45.7 Å². The molecule has 16 heavy (non-hydrogen) atoms. The second-order valence-electron chi connectivity index (χ2n) is 2.59. The maximum atomic E-state index is 11.0. The van der Waals surface area contributed by atoms with Crippen LogP contribution in [0.25, 0.3) is 0 Å². The minimum atomic E-state index is -1.30. The van der Waals surface area contributed by atoms with Gasteiger partial charge in [-0.15, -0.1) is 0 Å². The first kappa shape index (κ1) is 14.5. The maximum absolute atomic E-state index is 11.0. The highest BCUT2D eigenvalue weighted by atomic mass is 32.2. The number of ether oxygens (including phenoxy) is 1. The van der Waals surface area contributed by atoms with Crippen LogP contribution in [0.3, 0.4) is 0 Å². The summed E-state index contributed by atoms with van der Waals surface area (Å²) in [5.41, 5.74) is 0. The van der Waals surface area contributed by atoms with Crippen molar-refractivity contribution in [2.45, 2.75) is 13.0 Å². The number of carbonyl (C=O) groups is 3. The largest absolute Gasteiger partial charge is 0.478 e. The Balaban J connectivity index is 4.23. The van der Waals surface area contributed by atoms with E-state index in [2.05, 4.69) is 4.74 Å². The van der Waals surface area contributed by atoms with Gasteiger partial charge in [-0.2, -0.15) is 11.8 Å². The topological polar surface area (TPSA) is 101 Å². The second kappa shape index (κ2) is 7.75. The Morgan fingerprint density at radius 2 is 1.94 bits per heavy atom. The molecule has 0 aliphatic carbocycles. The van der Waals surface area contributed by atoms with E-state index in [4.69, 9.17) is 10.2 Å². The van der Waals surface area contributed by atoms with E-state index >= 15 is 0 Å². The molecular formula is C9H12O6S. The van der Waals surface area contributed by atoms with Crippen molar-refractivity contribution in [3.8, 4) is 0 Å². The third kappa shape index (κ3) is 6.88. The molecule has 7 heteroatoms. The van der Waals surface area contributed by atoms with E-state index in [0.717, 1.165) is 0 Å². The summed E-state index contributed by atoms with van der Waals surface area (Å²) in [4.78, 5) is 31.7. The zero-order valence-corrected chi connectivity index (χ0v) is 9.40. The molecule has 0 saturated heterocycles. The zero-order valence-electron chi connectivity index (χ0n) is 8.58. The fourth-order valence-electron chi connectivity index (χ4n) is 0.699. The lowest BCUT2D eigenvalue weighted by molar-refractivity contribution is -0.158. The van der Waals surface area contributed by atoms with Gasteiger partial charge in [0.2, 0.25) is 6.10 Å². The molecule has 6 nitrogen and oxygen atoms in total. The molecule has 0 aromatic carbocycles. The third-order valence-corrected chi connectivity index (χ3v) is 2.32. The summed E-state index contributed by atoms with van der Waals surface area (Å²) in [6, 6.07) is 0. The lowest BCUT2D eigenvalue weighted by Gasteiger charge is -2.11. The van der Waals surface area contributed by atoms with Crippen molar-refractivity contribution in [1.29, 1.82) is 0 Å². The molecule has 0 spiro atoms. The van der Waals surface area contributed by atoms with Crippen molar-refractivity contribution in [2.75, 3.05) is 11.5 Å². The SMILES string of the molecule is CCSCC(OC(=O)/C=C/C(=O)O)C(=O)O. The molecule has 0 aliphatic heterocycles. The fourth-order valence-corrected chi connectivity index (χ4v) is 1.36. The highest BCUT2D eigenvalue weighted by Gasteiger charge is 2.20. The van der Waals surface area contributed by atoms with Crippen LogP contribution in [0.15, 0.2) is 12.2 Å². The average Bonchev–Trinajstić information content (AvgIpc) is 2.20. The van der Waals surface area contributed by atoms with Gasteiger partial charge in [-0.05, 0) is 5.75 Å². The normalized spacial score (nSPS) is 12.3. The Bertz CT molecular complexity index is 298. The predicted octanol–water partition coefficient (Wildman–Crippen LogP) is 0.377. The smallest absolute Gasteiger partial charge is 0.345 e. The molecule has 0 fully saturated rings. The van der Waals surface area contributed by atoms with Gasteiger partial charge in [0, 0.05) is 17.9 Å². The number of rotatable bonds is 7. The van der Waals surface area contributed by atoms with Crippen LogP contribution in [0.2, 0.25) is 0 Å². The molecule has 0 saturated carbocycles. The Hall–Kier alpha value is -1.50. The van der Waals surface area contributed by atoms with Gasteiger partial charge >= 0.3 is 17.9 Å². The average molecular weight is 248 g/mol. The molecule has 90 valence electrons. The second-order valence-corrected chi connectivity index (χ2v) is 3.91. The molecule has 0 radical (unpaired) electrons. The van der Waals surface area contributed by atoms with Crippen LogP contribution in [0, 0.1) is 0 Å². The molecule has 0 amide bonds. The van der Waals surface area contributed by atoms with Crippen LogP contribution < -0.4 is 0 Å². The monoisotopic (exact) mass is 248 g/mol. The molecule has 0 rings (SSSR count). The van der Waals surface area contributed by atoms with E-state index < -0.39 is 24.0 Å². The molecular weight excluding hydrogens is 236 g/mol. The van der Waals surface area contributed by atoms with Crippen molar-refractivity contribution < 1.29 is 29.3 Å². The summed E-state index contributed by atoms with van der Waals surface area (Å²) in [5.74, 6) is -2.69. The van der Waals surface area contributed by atoms with Gasteiger partial charge in [-0.25, -0.2) is 14.4 Å². The van der Waals surface area contributed by atoms with Gasteiger partial charge in [-0.1, -0.05) is 6.92 Å². The molecule has 1 atom stereocenters. The first-order valence-electron chi connectivity index (χ1n) is 4.39. The number of hydrogen-bond donors (Lipinski definition) is 2. The quantitative estimate of drug-likeness (QED) is 0.496. The highest BCUT2D eigenvalue weighted by Crippen LogP contribution is 2.06. The molecule has 2 N–H and O–H groups in total. The number of carboxylic acid groups (broad SMARTS) is 2. The lowest BCUT2D eigenvalue weighted by atomic mass is 10.4. The van der Waals surface area contributed by atoms with Gasteiger partial charge in [0.15, 0.2) is 0 Å². The van der Waals surface area contributed by atoms with Crippen molar-refractivity contribution in [1.82, 2.24) is 0 Å². The summed E-state index contributed by atoms with van der Waals surface area (Å²) in [6.07, 6.45) is 0.0132. The first-order valence-corrected chi connectivity index (χ1v) is 5.55. The maximum Gasteiger partial charge on any atom is 0.345 e. The highest BCUT2D eigenvalue weighted by molar-refractivity contribution is 7.99. The molecule has 0 bridgehead atoms. The van der Waals surface area contributed by atoms with Crippen LogP contribution in [0.1, 0.15) is 6.92 Å². The minimum Gasteiger partial charge on any atom is -0.478 e. The number of hydrogen-bond acceptors (Lipinski definition) is 5. The number of aliphatic carboxylic acids is 2. The van der Waals surface area contributed by atoms with Crippen molar-refractivity contribution in [3.05, 3.63) is 12.2 Å². The summed E-state index contributed by atoms with van der Waals surface area (Å²) >= 11 is 1.31. The van der Waals surface area contributed by atoms with Crippen LogP contribution in [-0.2, 0) is 19.1 Å². The lowest BCUT2D eigenvalue weighted by Crippen LogP contribution is -2.28. The Morgan fingerprint density at radius 3 is 2.38 bits per heavy atom. The van der Waals surface area contributed by atoms with Gasteiger partial charge in [-0.3, -0.25) is 0 Å². The number of carbonyl (C=O) groups excluding carboxylic acids is 1. The van der Waals surface area contributed by atoms with Gasteiger partial charge in [0.05, 0.1) is 0 Å². The third-order valence-electron chi connectivity index (χ3n) is 1.37. The van der Waals surface area contributed by atoms with Gasteiger partial charge in [0.1, 0.15) is 0 Å². The van der Waals surface area contributed by atoms with E-state index in [1.807, 2.05) is 6.92 Å². The minimum absolute atomic E-state index is 0.137. The molecule has 0 heterocycles. The summed E-state index contributed by atoms with van der Waals surface area (Å²) in [6.45, 7) is 1.84. The zero-order chi connectivity index (χ0) is 12.6. The van der Waals surface area contributed by atoms with Crippen molar-refractivity contribution >= 4 is 29.7 Å². The predicted molar refractivity (Wildman–Crippen MR) is 57.3 cm³/mol.